The Morgan fingerprint density at radius 3 is 0.982 bits per heavy atom. The summed E-state index contributed by atoms with van der Waals surface area (Å²) < 4.78 is 16.7. The molecule has 0 heterocycles. The van der Waals surface area contributed by atoms with Crippen LogP contribution in [0.2, 0.25) is 0 Å². The molecule has 55 heavy (non-hydrogen) atoms. The van der Waals surface area contributed by atoms with Gasteiger partial charge in [-0.15, -0.1) is 0 Å². The van der Waals surface area contributed by atoms with E-state index in [1.165, 1.54) is 135 Å². The SMILES string of the molecule is CCC/C=C\CCCCCCCC(=O)OCC(COC(=O)CCCCCCC/C=C\CCCCCCC)OC(=O)CCCCCCCCCCCCCCC. The molecular formula is C49H90O6. The van der Waals surface area contributed by atoms with Gasteiger partial charge in [-0.05, 0) is 64.2 Å². The largest absolute Gasteiger partial charge is 0.462 e. The molecule has 0 aromatic rings. The average molecular weight is 775 g/mol. The molecule has 1 atom stereocenters. The van der Waals surface area contributed by atoms with Gasteiger partial charge in [-0.3, -0.25) is 14.4 Å². The highest BCUT2D eigenvalue weighted by Crippen LogP contribution is 2.15. The van der Waals surface area contributed by atoms with Crippen LogP contribution in [-0.2, 0) is 28.6 Å². The quantitative estimate of drug-likeness (QED) is 0.0266. The molecule has 0 bridgehead atoms. The molecule has 6 heteroatoms. The monoisotopic (exact) mass is 775 g/mol. The van der Waals surface area contributed by atoms with Crippen LogP contribution in [0.1, 0.15) is 252 Å². The Kier molecular flexibility index (Phi) is 42.9. The Hall–Kier alpha value is -2.11. The van der Waals surface area contributed by atoms with Crippen LogP contribution in [0.25, 0.3) is 0 Å². The number of carbonyl (C=O) groups is 3. The first-order chi connectivity index (χ1) is 27.0. The summed E-state index contributed by atoms with van der Waals surface area (Å²) in [6.07, 6.45) is 48.7. The van der Waals surface area contributed by atoms with Crippen molar-refractivity contribution in [3.63, 3.8) is 0 Å². The van der Waals surface area contributed by atoms with Crippen LogP contribution < -0.4 is 0 Å². The molecule has 0 aliphatic carbocycles. The molecule has 0 fully saturated rings. The van der Waals surface area contributed by atoms with E-state index in [1.807, 2.05) is 0 Å². The second-order valence-electron chi connectivity index (χ2n) is 16.0. The molecule has 0 saturated heterocycles. The summed E-state index contributed by atoms with van der Waals surface area (Å²) >= 11 is 0. The lowest BCUT2D eigenvalue weighted by molar-refractivity contribution is -0.167. The van der Waals surface area contributed by atoms with E-state index in [9.17, 15) is 14.4 Å². The standard InChI is InChI=1S/C49H90O6/c1-4-7-10-13-16-19-22-24-26-27-30-33-36-39-42-48(51)54-45-46(44-53-47(50)41-38-35-32-29-21-18-15-12-9-6-3)55-49(52)43-40-37-34-31-28-25-23-20-17-14-11-8-5-2/h12,15,22,24,46H,4-11,13-14,16-21,23,25-45H2,1-3H3/b15-12-,24-22-. The molecule has 0 aromatic heterocycles. The summed E-state index contributed by atoms with van der Waals surface area (Å²) in [6.45, 7) is 6.56. The number of ether oxygens (including phenoxy) is 3. The topological polar surface area (TPSA) is 78.9 Å². The van der Waals surface area contributed by atoms with Crippen molar-refractivity contribution in [3.05, 3.63) is 24.3 Å². The fourth-order valence-electron chi connectivity index (χ4n) is 6.79. The van der Waals surface area contributed by atoms with Gasteiger partial charge in [-0.25, -0.2) is 0 Å². The molecular weight excluding hydrogens is 685 g/mol. The first-order valence-electron chi connectivity index (χ1n) is 23.8. The zero-order valence-corrected chi connectivity index (χ0v) is 36.7. The summed E-state index contributed by atoms with van der Waals surface area (Å²) in [7, 11) is 0. The molecule has 0 aliphatic rings. The van der Waals surface area contributed by atoms with Gasteiger partial charge < -0.3 is 14.2 Å². The molecule has 1 unspecified atom stereocenters. The number of allylic oxidation sites excluding steroid dienone is 4. The highest BCUT2D eigenvalue weighted by molar-refractivity contribution is 5.71. The van der Waals surface area contributed by atoms with Crippen molar-refractivity contribution in [1.29, 1.82) is 0 Å². The summed E-state index contributed by atoms with van der Waals surface area (Å²) in [4.78, 5) is 37.7. The molecule has 0 radical (unpaired) electrons. The van der Waals surface area contributed by atoms with Crippen molar-refractivity contribution in [2.75, 3.05) is 13.2 Å². The Balaban J connectivity index is 4.35. The molecule has 0 aromatic carbocycles. The second-order valence-corrected chi connectivity index (χ2v) is 16.0. The van der Waals surface area contributed by atoms with Gasteiger partial charge in [-0.2, -0.15) is 0 Å². The van der Waals surface area contributed by atoms with Gasteiger partial charge in [0.2, 0.25) is 0 Å². The van der Waals surface area contributed by atoms with E-state index >= 15 is 0 Å². The summed E-state index contributed by atoms with van der Waals surface area (Å²) in [5, 5.41) is 0. The van der Waals surface area contributed by atoms with Crippen LogP contribution in [0.3, 0.4) is 0 Å². The Bertz CT molecular complexity index is 896. The zero-order valence-electron chi connectivity index (χ0n) is 36.7. The average Bonchev–Trinajstić information content (AvgIpc) is 3.18. The predicted octanol–water partition coefficient (Wildman–Crippen LogP) is 15.2. The van der Waals surface area contributed by atoms with Crippen molar-refractivity contribution in [2.45, 2.75) is 258 Å². The number of esters is 3. The Labute approximate surface area is 341 Å². The van der Waals surface area contributed by atoms with E-state index in [1.54, 1.807) is 0 Å². The lowest BCUT2D eigenvalue weighted by Gasteiger charge is -2.18. The number of carbonyl (C=O) groups excluding carboxylic acids is 3. The highest BCUT2D eigenvalue weighted by atomic mass is 16.6. The van der Waals surface area contributed by atoms with Gasteiger partial charge in [0.05, 0.1) is 0 Å². The van der Waals surface area contributed by atoms with Crippen molar-refractivity contribution >= 4 is 17.9 Å². The van der Waals surface area contributed by atoms with Crippen LogP contribution in [0.15, 0.2) is 24.3 Å². The summed E-state index contributed by atoms with van der Waals surface area (Å²) in [5.41, 5.74) is 0. The fourth-order valence-corrected chi connectivity index (χ4v) is 6.79. The van der Waals surface area contributed by atoms with Crippen LogP contribution in [0.4, 0.5) is 0 Å². The van der Waals surface area contributed by atoms with Crippen LogP contribution in [0.5, 0.6) is 0 Å². The van der Waals surface area contributed by atoms with E-state index in [0.717, 1.165) is 77.0 Å². The lowest BCUT2D eigenvalue weighted by Crippen LogP contribution is -2.30. The fraction of sp³-hybridized carbons (Fsp3) is 0.857. The van der Waals surface area contributed by atoms with Gasteiger partial charge in [0.1, 0.15) is 13.2 Å². The maximum absolute atomic E-state index is 12.7. The summed E-state index contributed by atoms with van der Waals surface area (Å²) in [6, 6.07) is 0. The van der Waals surface area contributed by atoms with Crippen molar-refractivity contribution in [1.82, 2.24) is 0 Å². The molecule has 6 nitrogen and oxygen atoms in total. The third kappa shape index (κ3) is 42.9. The maximum Gasteiger partial charge on any atom is 0.306 e. The van der Waals surface area contributed by atoms with Crippen molar-refractivity contribution in [2.24, 2.45) is 0 Å². The van der Waals surface area contributed by atoms with E-state index in [0.29, 0.717) is 19.3 Å². The maximum atomic E-state index is 12.7. The van der Waals surface area contributed by atoms with E-state index in [-0.39, 0.29) is 31.1 Å². The minimum absolute atomic E-state index is 0.0753. The van der Waals surface area contributed by atoms with Gasteiger partial charge in [0.15, 0.2) is 6.10 Å². The van der Waals surface area contributed by atoms with Crippen LogP contribution in [-0.4, -0.2) is 37.2 Å². The van der Waals surface area contributed by atoms with Crippen LogP contribution in [0, 0.1) is 0 Å². The molecule has 0 spiro atoms. The van der Waals surface area contributed by atoms with E-state index in [2.05, 4.69) is 45.1 Å². The Morgan fingerprint density at radius 2 is 0.636 bits per heavy atom. The normalized spacial score (nSPS) is 12.1. The molecule has 0 rings (SSSR count). The number of unbranched alkanes of at least 4 members (excludes halogenated alkanes) is 28. The minimum atomic E-state index is -0.771. The number of rotatable bonds is 43. The Morgan fingerprint density at radius 1 is 0.345 bits per heavy atom. The zero-order chi connectivity index (χ0) is 40.1. The lowest BCUT2D eigenvalue weighted by atomic mass is 10.0. The molecule has 0 amide bonds. The summed E-state index contributed by atoms with van der Waals surface area (Å²) in [5.74, 6) is -0.887. The molecule has 0 saturated carbocycles. The third-order valence-electron chi connectivity index (χ3n) is 10.4. The van der Waals surface area contributed by atoms with Gasteiger partial charge in [0, 0.05) is 19.3 Å². The second kappa shape index (κ2) is 44.6. The van der Waals surface area contributed by atoms with Gasteiger partial charge >= 0.3 is 17.9 Å². The van der Waals surface area contributed by atoms with Crippen LogP contribution >= 0.6 is 0 Å². The number of hydrogen-bond donors (Lipinski definition) is 0. The van der Waals surface area contributed by atoms with Gasteiger partial charge in [-0.1, -0.05) is 193 Å². The first-order valence-corrected chi connectivity index (χ1v) is 23.8. The number of hydrogen-bond acceptors (Lipinski definition) is 6. The minimum Gasteiger partial charge on any atom is -0.462 e. The highest BCUT2D eigenvalue weighted by Gasteiger charge is 2.19. The van der Waals surface area contributed by atoms with Gasteiger partial charge in [0.25, 0.3) is 0 Å². The van der Waals surface area contributed by atoms with Crippen molar-refractivity contribution in [3.8, 4) is 0 Å². The first kappa shape index (κ1) is 52.9. The molecule has 0 N–H and O–H groups in total. The molecule has 322 valence electrons. The predicted molar refractivity (Wildman–Crippen MR) is 233 cm³/mol. The smallest absolute Gasteiger partial charge is 0.306 e. The third-order valence-corrected chi connectivity index (χ3v) is 10.4. The van der Waals surface area contributed by atoms with Crippen molar-refractivity contribution < 1.29 is 28.6 Å². The van der Waals surface area contributed by atoms with E-state index < -0.39 is 6.10 Å². The molecule has 0 aliphatic heterocycles. The van der Waals surface area contributed by atoms with E-state index in [4.69, 9.17) is 14.2 Å².